The van der Waals surface area contributed by atoms with Crippen LogP contribution in [0, 0.1) is 0 Å². The molecule has 7 heteroatoms. The van der Waals surface area contributed by atoms with Crippen LogP contribution in [0.3, 0.4) is 0 Å². The van der Waals surface area contributed by atoms with Gasteiger partial charge in [0.1, 0.15) is 6.04 Å². The van der Waals surface area contributed by atoms with Crippen molar-refractivity contribution in [2.24, 2.45) is 5.73 Å². The molecule has 0 spiro atoms. The number of carboxylic acids is 1. The van der Waals surface area contributed by atoms with Gasteiger partial charge in [-0.05, 0) is 45.1 Å². The molecule has 1 aliphatic heterocycles. The Morgan fingerprint density at radius 1 is 1.29 bits per heavy atom. The molecule has 0 saturated carbocycles. The number of carbonyl (C=O) groups is 2. The number of rotatable bonds is 11. The molecule has 1 fully saturated rings. The Morgan fingerprint density at radius 3 is 2.71 bits per heavy atom. The number of hydrogen-bond acceptors (Lipinski definition) is 5. The Labute approximate surface area is 134 Å². The van der Waals surface area contributed by atoms with Crippen LogP contribution in [0.5, 0.6) is 0 Å². The van der Waals surface area contributed by atoms with E-state index in [1.807, 2.05) is 21.6 Å². The number of amides is 1. The van der Waals surface area contributed by atoms with Crippen molar-refractivity contribution in [3.63, 3.8) is 0 Å². The summed E-state index contributed by atoms with van der Waals surface area (Å²) in [5.41, 5.74) is 5.39. The lowest BCUT2D eigenvalue weighted by molar-refractivity contribution is -0.142. The number of hydrogen-bond donors (Lipinski definition) is 3. The molecule has 2 atom stereocenters. The van der Waals surface area contributed by atoms with Gasteiger partial charge in [-0.3, -0.25) is 4.79 Å². The van der Waals surface area contributed by atoms with Crippen LogP contribution in [-0.4, -0.2) is 40.6 Å². The summed E-state index contributed by atoms with van der Waals surface area (Å²) in [7, 11) is 3.89. The van der Waals surface area contributed by atoms with Gasteiger partial charge in [0.2, 0.25) is 5.91 Å². The van der Waals surface area contributed by atoms with Gasteiger partial charge in [0.25, 0.3) is 0 Å². The van der Waals surface area contributed by atoms with Crippen LogP contribution < -0.4 is 11.1 Å². The molecule has 0 aromatic carbocycles. The molecule has 2 unspecified atom stereocenters. The summed E-state index contributed by atoms with van der Waals surface area (Å²) in [5.74, 6) is 0.127. The van der Waals surface area contributed by atoms with E-state index in [2.05, 4.69) is 5.32 Å². The van der Waals surface area contributed by atoms with Gasteiger partial charge in [0.05, 0.1) is 0 Å². The summed E-state index contributed by atoms with van der Waals surface area (Å²) in [5, 5.41) is 12.4. The molecule has 4 N–H and O–H groups in total. The molecular weight excluding hydrogens is 308 g/mol. The molecule has 1 heterocycles. The fraction of sp³-hybridized carbons (Fsp3) is 0.857. The molecule has 0 aromatic heterocycles. The van der Waals surface area contributed by atoms with Crippen molar-refractivity contribution in [1.82, 2.24) is 5.32 Å². The van der Waals surface area contributed by atoms with E-state index in [4.69, 9.17) is 10.8 Å². The predicted molar refractivity (Wildman–Crippen MR) is 89.4 cm³/mol. The zero-order valence-electron chi connectivity index (χ0n) is 12.4. The second-order valence-corrected chi connectivity index (χ2v) is 8.10. The SMILES string of the molecule is NCCCCC(NC(=O)CCCCC1CCSS1)C(=O)O. The number of carbonyl (C=O) groups excluding carboxylic acids is 1. The van der Waals surface area contributed by atoms with Gasteiger partial charge in [-0.25, -0.2) is 4.79 Å². The van der Waals surface area contributed by atoms with E-state index in [1.54, 1.807) is 0 Å². The molecule has 21 heavy (non-hydrogen) atoms. The Morgan fingerprint density at radius 2 is 2.10 bits per heavy atom. The van der Waals surface area contributed by atoms with Crippen LogP contribution in [0.4, 0.5) is 0 Å². The molecule has 1 amide bonds. The van der Waals surface area contributed by atoms with Crippen molar-refractivity contribution in [2.75, 3.05) is 12.3 Å². The second kappa shape index (κ2) is 11.2. The van der Waals surface area contributed by atoms with E-state index in [9.17, 15) is 9.59 Å². The molecule has 0 radical (unpaired) electrons. The minimum Gasteiger partial charge on any atom is -0.480 e. The van der Waals surface area contributed by atoms with Crippen LogP contribution in [0.15, 0.2) is 0 Å². The van der Waals surface area contributed by atoms with Crippen LogP contribution in [0.2, 0.25) is 0 Å². The molecular formula is C14H26N2O3S2. The fourth-order valence-electron chi connectivity index (χ4n) is 2.24. The quantitative estimate of drug-likeness (QED) is 0.397. The molecule has 1 aliphatic rings. The van der Waals surface area contributed by atoms with E-state index < -0.39 is 12.0 Å². The van der Waals surface area contributed by atoms with Gasteiger partial charge in [0, 0.05) is 17.4 Å². The topological polar surface area (TPSA) is 92.4 Å². The average molecular weight is 335 g/mol. The number of nitrogens with two attached hydrogens (primary N) is 1. The minimum absolute atomic E-state index is 0.149. The lowest BCUT2D eigenvalue weighted by Gasteiger charge is -2.14. The first-order valence-corrected chi connectivity index (χ1v) is 10.0. The monoisotopic (exact) mass is 334 g/mol. The lowest BCUT2D eigenvalue weighted by Crippen LogP contribution is -2.40. The first-order valence-electron chi connectivity index (χ1n) is 7.64. The highest BCUT2D eigenvalue weighted by molar-refractivity contribution is 8.77. The minimum atomic E-state index is -0.959. The highest BCUT2D eigenvalue weighted by atomic mass is 33.1. The lowest BCUT2D eigenvalue weighted by atomic mass is 10.1. The predicted octanol–water partition coefficient (Wildman–Crippen LogP) is 2.40. The number of carboxylic acid groups (broad SMARTS) is 1. The summed E-state index contributed by atoms with van der Waals surface area (Å²) in [6.07, 6.45) is 6.69. The smallest absolute Gasteiger partial charge is 0.326 e. The van der Waals surface area contributed by atoms with E-state index >= 15 is 0 Å². The van der Waals surface area contributed by atoms with E-state index in [-0.39, 0.29) is 5.91 Å². The van der Waals surface area contributed by atoms with Gasteiger partial charge in [0.15, 0.2) is 0 Å². The standard InChI is InChI=1S/C14H26N2O3S2/c15-9-4-3-6-12(14(18)19)16-13(17)7-2-1-5-11-8-10-20-21-11/h11-12H,1-10,15H2,(H,16,17)(H,18,19). The molecule has 122 valence electrons. The summed E-state index contributed by atoms with van der Waals surface area (Å²) in [6.45, 7) is 0.553. The van der Waals surface area contributed by atoms with Crippen LogP contribution in [0.25, 0.3) is 0 Å². The van der Waals surface area contributed by atoms with Crippen molar-refractivity contribution < 1.29 is 14.7 Å². The third kappa shape index (κ3) is 8.58. The first kappa shape index (κ1) is 18.6. The number of aliphatic carboxylic acids is 1. The maximum atomic E-state index is 11.8. The number of unbranched alkanes of at least 4 members (excludes halogenated alkanes) is 2. The third-order valence-electron chi connectivity index (χ3n) is 3.49. The molecule has 5 nitrogen and oxygen atoms in total. The maximum absolute atomic E-state index is 11.8. The number of nitrogens with one attached hydrogen (secondary N) is 1. The van der Waals surface area contributed by atoms with Crippen molar-refractivity contribution in [1.29, 1.82) is 0 Å². The summed E-state index contributed by atoms with van der Waals surface area (Å²) >= 11 is 0. The van der Waals surface area contributed by atoms with Crippen molar-refractivity contribution in [3.05, 3.63) is 0 Å². The first-order chi connectivity index (χ1) is 10.1. The summed E-state index contributed by atoms with van der Waals surface area (Å²) in [6, 6.07) is -0.772. The Bertz CT molecular complexity index is 323. The van der Waals surface area contributed by atoms with Gasteiger partial charge in [-0.2, -0.15) is 0 Å². The Kier molecular flexibility index (Phi) is 9.95. The largest absolute Gasteiger partial charge is 0.480 e. The Balaban J connectivity index is 2.12. The Hall–Kier alpha value is -0.400. The highest BCUT2D eigenvalue weighted by Gasteiger charge is 2.19. The van der Waals surface area contributed by atoms with Gasteiger partial charge in [-0.15, -0.1) is 0 Å². The molecule has 0 aromatic rings. The molecule has 1 rings (SSSR count). The average Bonchev–Trinajstić information content (AvgIpc) is 2.96. The molecule has 1 saturated heterocycles. The highest BCUT2D eigenvalue weighted by Crippen LogP contribution is 2.39. The van der Waals surface area contributed by atoms with Crippen molar-refractivity contribution in [3.8, 4) is 0 Å². The summed E-state index contributed by atoms with van der Waals surface area (Å²) in [4.78, 5) is 22.9. The van der Waals surface area contributed by atoms with Gasteiger partial charge in [-0.1, -0.05) is 28.0 Å². The van der Waals surface area contributed by atoms with Crippen molar-refractivity contribution in [2.45, 2.75) is 62.7 Å². The molecule has 0 aliphatic carbocycles. The van der Waals surface area contributed by atoms with Gasteiger partial charge < -0.3 is 16.2 Å². The van der Waals surface area contributed by atoms with Crippen molar-refractivity contribution >= 4 is 33.5 Å². The zero-order valence-corrected chi connectivity index (χ0v) is 14.0. The normalized spacial score (nSPS) is 19.4. The third-order valence-corrected chi connectivity index (χ3v) is 6.49. The zero-order chi connectivity index (χ0) is 15.5. The second-order valence-electron chi connectivity index (χ2n) is 5.32. The van der Waals surface area contributed by atoms with E-state index in [1.165, 1.54) is 12.2 Å². The van der Waals surface area contributed by atoms with E-state index in [0.29, 0.717) is 19.4 Å². The fourth-order valence-corrected chi connectivity index (χ4v) is 5.27. The van der Waals surface area contributed by atoms with Crippen LogP contribution in [0.1, 0.15) is 51.4 Å². The van der Waals surface area contributed by atoms with Crippen LogP contribution in [-0.2, 0) is 9.59 Å². The van der Waals surface area contributed by atoms with Crippen LogP contribution >= 0.6 is 21.6 Å². The molecule has 0 bridgehead atoms. The summed E-state index contributed by atoms with van der Waals surface area (Å²) < 4.78 is 0. The van der Waals surface area contributed by atoms with Gasteiger partial charge >= 0.3 is 5.97 Å². The van der Waals surface area contributed by atoms with E-state index in [0.717, 1.165) is 37.4 Å². The maximum Gasteiger partial charge on any atom is 0.326 e.